The topological polar surface area (TPSA) is 72.8 Å². The van der Waals surface area contributed by atoms with Crippen LogP contribution in [0.2, 0.25) is 0 Å². The van der Waals surface area contributed by atoms with Gasteiger partial charge >= 0.3 is 11.9 Å². The van der Waals surface area contributed by atoms with Crippen LogP contribution < -0.4 is 0 Å². The van der Waals surface area contributed by atoms with Crippen LogP contribution in [-0.2, 0) is 19.1 Å². The quantitative estimate of drug-likeness (QED) is 0.0373. The molecule has 0 aromatic carbocycles. The second-order valence-corrected chi connectivity index (χ2v) is 23.9. The predicted octanol–water partition coefficient (Wildman–Crippen LogP) is 25.3. The summed E-state index contributed by atoms with van der Waals surface area (Å²) < 4.78 is 10.8. The van der Waals surface area contributed by atoms with Gasteiger partial charge in [0.2, 0.25) is 0 Å². The van der Waals surface area contributed by atoms with Crippen LogP contribution in [0, 0.1) is 0 Å². The predicted molar refractivity (Wildman–Crippen MR) is 371 cm³/mol. The minimum Gasteiger partial charge on any atom is -0.462 e. The number of ether oxygens (including phenoxy) is 2. The fraction of sp³-hybridized carbons (Fsp3) is 0.722. The summed E-state index contributed by atoms with van der Waals surface area (Å²) in [5.41, 5.74) is 0. The van der Waals surface area contributed by atoms with Gasteiger partial charge in [-0.15, -0.1) is 0 Å². The summed E-state index contributed by atoms with van der Waals surface area (Å²) in [7, 11) is 0. The standard InChI is InChI=1S/C79H136O5/c1-3-5-7-9-11-13-15-17-19-21-23-25-27-29-31-33-34-35-36-37-38-39-40-41-42-43-44-46-48-50-52-54-56-58-60-62-64-66-68-70-72-74-79(82)84-77(75-80)76-83-78(81)73-71-69-67-65-63-61-59-57-55-53-51-49-47-45-32-30-28-26-24-22-20-18-16-14-12-10-8-6-4-2/h5-8,11-14,17-20,23-26,29-32,77,80H,3-4,9-10,15-16,21-22,27-28,33-76H2,1-2H3/b7-5-,8-6-,13-11-,14-12-,19-17-,20-18-,25-23-,26-24-,31-29-,32-30-. The number of hydrogen-bond acceptors (Lipinski definition) is 5. The van der Waals surface area contributed by atoms with E-state index in [2.05, 4.69) is 135 Å². The Morgan fingerprint density at radius 2 is 0.476 bits per heavy atom. The van der Waals surface area contributed by atoms with Gasteiger partial charge in [-0.05, 0) is 103 Å². The first-order chi connectivity index (χ1) is 41.6. The molecule has 0 aliphatic heterocycles. The Morgan fingerprint density at radius 1 is 0.274 bits per heavy atom. The molecule has 0 spiro atoms. The molecule has 1 unspecified atom stereocenters. The fourth-order valence-electron chi connectivity index (χ4n) is 10.4. The molecule has 84 heavy (non-hydrogen) atoms. The molecule has 0 aromatic heterocycles. The van der Waals surface area contributed by atoms with E-state index in [-0.39, 0.29) is 25.2 Å². The van der Waals surface area contributed by atoms with E-state index in [0.29, 0.717) is 12.8 Å². The van der Waals surface area contributed by atoms with Gasteiger partial charge in [0.25, 0.3) is 0 Å². The van der Waals surface area contributed by atoms with E-state index in [1.807, 2.05) is 0 Å². The van der Waals surface area contributed by atoms with Crippen LogP contribution in [0.3, 0.4) is 0 Å². The average molecular weight is 1170 g/mol. The smallest absolute Gasteiger partial charge is 0.306 e. The van der Waals surface area contributed by atoms with Crippen LogP contribution in [0.1, 0.15) is 348 Å². The van der Waals surface area contributed by atoms with Gasteiger partial charge in [0.05, 0.1) is 6.61 Å². The van der Waals surface area contributed by atoms with E-state index < -0.39 is 6.10 Å². The molecule has 0 radical (unpaired) electrons. The molecule has 0 saturated carbocycles. The van der Waals surface area contributed by atoms with Crippen molar-refractivity contribution in [1.29, 1.82) is 0 Å². The Labute approximate surface area is 522 Å². The maximum atomic E-state index is 12.4. The molecule has 482 valence electrons. The first-order valence-corrected chi connectivity index (χ1v) is 36.1. The number of aliphatic hydroxyl groups excluding tert-OH is 1. The molecular formula is C79H136O5. The number of rotatable bonds is 66. The lowest BCUT2D eigenvalue weighted by Gasteiger charge is -2.15. The zero-order valence-electron chi connectivity index (χ0n) is 55.4. The highest BCUT2D eigenvalue weighted by Gasteiger charge is 2.16. The Kier molecular flexibility index (Phi) is 70.3. The van der Waals surface area contributed by atoms with Crippen molar-refractivity contribution in [1.82, 2.24) is 0 Å². The molecule has 0 saturated heterocycles. The van der Waals surface area contributed by atoms with Crippen molar-refractivity contribution in [3.8, 4) is 0 Å². The molecule has 0 aromatic rings. The number of hydrogen-bond donors (Lipinski definition) is 1. The van der Waals surface area contributed by atoms with Gasteiger partial charge in [-0.3, -0.25) is 9.59 Å². The molecule has 5 heteroatoms. The maximum Gasteiger partial charge on any atom is 0.306 e. The van der Waals surface area contributed by atoms with E-state index in [1.54, 1.807) is 0 Å². The number of carbonyl (C=O) groups excluding carboxylic acids is 2. The van der Waals surface area contributed by atoms with E-state index in [9.17, 15) is 14.7 Å². The highest BCUT2D eigenvalue weighted by molar-refractivity contribution is 5.70. The molecule has 5 nitrogen and oxygen atoms in total. The zero-order valence-corrected chi connectivity index (χ0v) is 55.4. The zero-order chi connectivity index (χ0) is 60.5. The fourth-order valence-corrected chi connectivity index (χ4v) is 10.4. The molecule has 0 aliphatic carbocycles. The molecule has 0 fully saturated rings. The van der Waals surface area contributed by atoms with Crippen molar-refractivity contribution in [3.63, 3.8) is 0 Å². The van der Waals surface area contributed by atoms with Gasteiger partial charge in [-0.25, -0.2) is 0 Å². The second-order valence-electron chi connectivity index (χ2n) is 23.9. The van der Waals surface area contributed by atoms with Crippen molar-refractivity contribution >= 4 is 11.9 Å². The monoisotopic (exact) mass is 1170 g/mol. The van der Waals surface area contributed by atoms with Crippen molar-refractivity contribution in [2.24, 2.45) is 0 Å². The normalized spacial score (nSPS) is 12.9. The number of allylic oxidation sites excluding steroid dienone is 20. The Bertz CT molecular complexity index is 1650. The number of esters is 2. The minimum absolute atomic E-state index is 0.0670. The first-order valence-electron chi connectivity index (χ1n) is 36.1. The molecule has 0 rings (SSSR count). The van der Waals surface area contributed by atoms with E-state index >= 15 is 0 Å². The van der Waals surface area contributed by atoms with Crippen molar-refractivity contribution in [3.05, 3.63) is 122 Å². The van der Waals surface area contributed by atoms with E-state index in [4.69, 9.17) is 9.47 Å². The minimum atomic E-state index is -0.778. The summed E-state index contributed by atoms with van der Waals surface area (Å²) in [5.74, 6) is -0.580. The molecule has 1 atom stereocenters. The van der Waals surface area contributed by atoms with Gasteiger partial charge in [0, 0.05) is 12.8 Å². The lowest BCUT2D eigenvalue weighted by molar-refractivity contribution is -0.161. The van der Waals surface area contributed by atoms with Crippen LogP contribution in [0.25, 0.3) is 0 Å². The summed E-state index contributed by atoms with van der Waals surface area (Å²) in [5, 5.41) is 9.71. The lowest BCUT2D eigenvalue weighted by atomic mass is 10.0. The molecule has 0 amide bonds. The summed E-state index contributed by atoms with van der Waals surface area (Å²) in [4.78, 5) is 24.7. The Hall–Kier alpha value is -3.70. The van der Waals surface area contributed by atoms with Crippen LogP contribution >= 0.6 is 0 Å². The molecule has 0 heterocycles. The van der Waals surface area contributed by atoms with Gasteiger partial charge in [-0.2, -0.15) is 0 Å². The van der Waals surface area contributed by atoms with E-state index in [0.717, 1.165) is 103 Å². The highest BCUT2D eigenvalue weighted by atomic mass is 16.6. The average Bonchev–Trinajstić information content (AvgIpc) is 3.51. The number of carbonyl (C=O) groups is 2. The third-order valence-electron chi connectivity index (χ3n) is 15.8. The largest absolute Gasteiger partial charge is 0.462 e. The molecule has 0 aliphatic rings. The van der Waals surface area contributed by atoms with Crippen LogP contribution in [0.15, 0.2) is 122 Å². The highest BCUT2D eigenvalue weighted by Crippen LogP contribution is 2.18. The van der Waals surface area contributed by atoms with Gasteiger partial charge in [0.15, 0.2) is 6.10 Å². The van der Waals surface area contributed by atoms with Gasteiger partial charge in [0.1, 0.15) is 6.61 Å². The van der Waals surface area contributed by atoms with Crippen LogP contribution in [0.4, 0.5) is 0 Å². The number of aliphatic hydroxyl groups is 1. The second kappa shape index (κ2) is 73.6. The molecule has 1 N–H and O–H groups in total. The lowest BCUT2D eigenvalue weighted by Crippen LogP contribution is -2.28. The summed E-state index contributed by atoms with van der Waals surface area (Å²) in [6.07, 6.45) is 108. The van der Waals surface area contributed by atoms with Crippen LogP contribution in [0.5, 0.6) is 0 Å². The maximum absolute atomic E-state index is 12.4. The Balaban J connectivity index is 3.42. The molecule has 0 bridgehead atoms. The first kappa shape index (κ1) is 80.3. The van der Waals surface area contributed by atoms with Crippen molar-refractivity contribution < 1.29 is 24.2 Å². The third-order valence-corrected chi connectivity index (χ3v) is 15.8. The van der Waals surface area contributed by atoms with E-state index in [1.165, 1.54) is 218 Å². The summed E-state index contributed by atoms with van der Waals surface area (Å²) in [6.45, 7) is 3.94. The Morgan fingerprint density at radius 3 is 0.714 bits per heavy atom. The summed E-state index contributed by atoms with van der Waals surface area (Å²) >= 11 is 0. The number of unbranched alkanes of at least 4 members (excludes halogenated alkanes) is 38. The summed E-state index contributed by atoms with van der Waals surface area (Å²) in [6, 6.07) is 0. The third kappa shape index (κ3) is 70.8. The van der Waals surface area contributed by atoms with Crippen molar-refractivity contribution in [2.75, 3.05) is 13.2 Å². The van der Waals surface area contributed by atoms with Gasteiger partial charge < -0.3 is 14.6 Å². The van der Waals surface area contributed by atoms with Crippen molar-refractivity contribution in [2.45, 2.75) is 354 Å². The van der Waals surface area contributed by atoms with Gasteiger partial charge in [-0.1, -0.05) is 354 Å². The molecular weight excluding hydrogens is 1030 g/mol. The van der Waals surface area contributed by atoms with Crippen LogP contribution in [-0.4, -0.2) is 36.4 Å². The SMILES string of the molecule is CC/C=C\C/C=C\C/C=C\C/C=C\C/C=C\CCCCCCCCCCCCCCCCCCCCCCCCCCCC(=O)OC(CO)COC(=O)CCCCCCCCCCCCCCC/C=C\C/C=C\C/C=C\C/C=C\C/C=C\CC.